The molecule has 3 rings (SSSR count). The van der Waals surface area contributed by atoms with Crippen LogP contribution in [0.15, 0.2) is 48.8 Å². The van der Waals surface area contributed by atoms with Crippen LogP contribution in [-0.2, 0) is 0 Å². The number of ketones is 1. The molecule has 1 N–H and O–H groups in total. The van der Waals surface area contributed by atoms with Gasteiger partial charge in [-0.05, 0) is 43.3 Å². The fourth-order valence-electron chi connectivity index (χ4n) is 2.45. The van der Waals surface area contributed by atoms with E-state index in [-0.39, 0.29) is 5.78 Å². The van der Waals surface area contributed by atoms with Gasteiger partial charge in [-0.25, -0.2) is 0 Å². The van der Waals surface area contributed by atoms with Crippen molar-refractivity contribution in [2.24, 2.45) is 0 Å². The van der Waals surface area contributed by atoms with Crippen molar-refractivity contribution in [1.82, 2.24) is 9.97 Å². The number of aromatic nitrogens is 2. The molecule has 3 aromatic rings. The van der Waals surface area contributed by atoms with E-state index in [0.717, 1.165) is 27.9 Å². The number of H-pyrrole nitrogens is 1. The largest absolute Gasteiger partial charge is 0.497 e. The molecule has 0 saturated carbocycles. The lowest BCUT2D eigenvalue weighted by Gasteiger charge is -1.99. The number of benzene rings is 1. The topological polar surface area (TPSA) is 55.0 Å². The summed E-state index contributed by atoms with van der Waals surface area (Å²) in [4.78, 5) is 19.4. The van der Waals surface area contributed by atoms with Crippen molar-refractivity contribution in [3.63, 3.8) is 0 Å². The van der Waals surface area contributed by atoms with Gasteiger partial charge in [-0.3, -0.25) is 9.78 Å². The number of carbonyl (C=O) groups is 1. The fourth-order valence-corrected chi connectivity index (χ4v) is 2.45. The third-order valence-electron chi connectivity index (χ3n) is 3.61. The van der Waals surface area contributed by atoms with Crippen molar-refractivity contribution in [3.05, 3.63) is 65.6 Å². The summed E-state index contributed by atoms with van der Waals surface area (Å²) in [6.45, 7) is 1.99. The molecule has 2 aromatic heterocycles. The average molecular weight is 292 g/mol. The Morgan fingerprint density at radius 3 is 2.73 bits per heavy atom. The number of rotatable bonds is 4. The van der Waals surface area contributed by atoms with E-state index in [4.69, 9.17) is 4.74 Å². The lowest BCUT2D eigenvalue weighted by Crippen LogP contribution is -1.93. The predicted octanol–water partition coefficient (Wildman–Crippen LogP) is 3.78. The van der Waals surface area contributed by atoms with Gasteiger partial charge in [0.15, 0.2) is 5.78 Å². The minimum atomic E-state index is -0.0374. The lowest BCUT2D eigenvalue weighted by atomic mass is 10.1. The number of methoxy groups -OCH3 is 1. The molecule has 0 saturated heterocycles. The highest BCUT2D eigenvalue weighted by Crippen LogP contribution is 2.27. The summed E-state index contributed by atoms with van der Waals surface area (Å²) in [5, 5.41) is 1.07. The molecule has 4 nitrogen and oxygen atoms in total. The number of nitrogens with one attached hydrogen (secondary N) is 1. The van der Waals surface area contributed by atoms with Crippen molar-refractivity contribution < 1.29 is 9.53 Å². The molecule has 110 valence electrons. The van der Waals surface area contributed by atoms with Gasteiger partial charge in [-0.2, -0.15) is 0 Å². The van der Waals surface area contributed by atoms with Gasteiger partial charge in [0.2, 0.25) is 0 Å². The van der Waals surface area contributed by atoms with Gasteiger partial charge in [0.05, 0.1) is 7.11 Å². The number of allylic oxidation sites excluding steroid dienone is 1. The Kier molecular flexibility index (Phi) is 3.74. The molecule has 0 atom stereocenters. The summed E-state index contributed by atoms with van der Waals surface area (Å²) in [6, 6.07) is 9.27. The number of hydrogen-bond acceptors (Lipinski definition) is 3. The number of fused-ring (bicyclic) bond motifs is 1. The molecule has 0 radical (unpaired) electrons. The first-order valence-corrected chi connectivity index (χ1v) is 6.98. The van der Waals surface area contributed by atoms with Crippen LogP contribution in [0, 0.1) is 6.92 Å². The van der Waals surface area contributed by atoms with E-state index in [1.807, 2.05) is 31.2 Å². The Balaban J connectivity index is 1.95. The highest BCUT2D eigenvalue weighted by atomic mass is 16.5. The molecule has 0 spiro atoms. The number of pyridine rings is 1. The van der Waals surface area contributed by atoms with E-state index in [0.29, 0.717) is 5.56 Å². The molecule has 4 heteroatoms. The zero-order valence-electron chi connectivity index (χ0n) is 12.5. The maximum atomic E-state index is 12.1. The Morgan fingerprint density at radius 1 is 1.23 bits per heavy atom. The minimum Gasteiger partial charge on any atom is -0.497 e. The summed E-state index contributed by atoms with van der Waals surface area (Å²) in [6.07, 6.45) is 6.67. The second-order valence-corrected chi connectivity index (χ2v) is 5.01. The van der Waals surface area contributed by atoms with Gasteiger partial charge >= 0.3 is 0 Å². The van der Waals surface area contributed by atoms with Crippen LogP contribution in [0.5, 0.6) is 5.75 Å². The molecular formula is C18H16N2O2. The number of hydrogen-bond donors (Lipinski definition) is 1. The smallest absolute Gasteiger partial charge is 0.185 e. The second kappa shape index (κ2) is 5.85. The zero-order valence-corrected chi connectivity index (χ0v) is 12.5. The highest BCUT2D eigenvalue weighted by Gasteiger charge is 2.08. The number of nitrogens with zero attached hydrogens (tertiary/aromatic N) is 1. The quantitative estimate of drug-likeness (QED) is 0.588. The SMILES string of the molecule is COc1ccc2c(/C=C/C(=O)c3ccncc3)c(C)[nH]c2c1. The molecule has 0 aliphatic rings. The maximum Gasteiger partial charge on any atom is 0.185 e. The lowest BCUT2D eigenvalue weighted by molar-refractivity contribution is 0.104. The normalized spacial score (nSPS) is 11.2. The molecule has 0 unspecified atom stereocenters. The van der Waals surface area contributed by atoms with Crippen LogP contribution in [0.3, 0.4) is 0 Å². The number of aryl methyl sites for hydroxylation is 1. The first-order chi connectivity index (χ1) is 10.7. The third kappa shape index (κ3) is 2.63. The Bertz CT molecular complexity index is 848. The van der Waals surface area contributed by atoms with Gasteiger partial charge in [0.1, 0.15) is 5.75 Å². The molecule has 0 bridgehead atoms. The fraction of sp³-hybridized carbons (Fsp3) is 0.111. The summed E-state index contributed by atoms with van der Waals surface area (Å²) < 4.78 is 5.23. The van der Waals surface area contributed by atoms with Crippen LogP contribution in [-0.4, -0.2) is 22.9 Å². The van der Waals surface area contributed by atoms with Crippen LogP contribution < -0.4 is 4.74 Å². The summed E-state index contributed by atoms with van der Waals surface area (Å²) >= 11 is 0. The number of ether oxygens (including phenoxy) is 1. The Labute approximate surface area is 128 Å². The van der Waals surface area contributed by atoms with Crippen molar-refractivity contribution in [2.75, 3.05) is 7.11 Å². The van der Waals surface area contributed by atoms with E-state index in [1.54, 1.807) is 37.7 Å². The van der Waals surface area contributed by atoms with Crippen LogP contribution in [0.1, 0.15) is 21.6 Å². The molecular weight excluding hydrogens is 276 g/mol. The van der Waals surface area contributed by atoms with Crippen LogP contribution in [0.4, 0.5) is 0 Å². The Hall–Kier alpha value is -2.88. The van der Waals surface area contributed by atoms with E-state index in [9.17, 15) is 4.79 Å². The van der Waals surface area contributed by atoms with Gasteiger partial charge in [0.25, 0.3) is 0 Å². The van der Waals surface area contributed by atoms with Crippen molar-refractivity contribution in [3.8, 4) is 5.75 Å². The van der Waals surface area contributed by atoms with Crippen molar-refractivity contribution >= 4 is 22.8 Å². The van der Waals surface area contributed by atoms with Crippen molar-refractivity contribution in [1.29, 1.82) is 0 Å². The molecule has 2 heterocycles. The summed E-state index contributed by atoms with van der Waals surface area (Å²) in [5.74, 6) is 0.766. The molecule has 0 aliphatic heterocycles. The zero-order chi connectivity index (χ0) is 15.5. The molecule has 0 aliphatic carbocycles. The maximum absolute atomic E-state index is 12.1. The first-order valence-electron chi connectivity index (χ1n) is 6.98. The number of carbonyl (C=O) groups excluding carboxylic acids is 1. The van der Waals surface area contributed by atoms with E-state index in [2.05, 4.69) is 9.97 Å². The molecule has 0 amide bonds. The van der Waals surface area contributed by atoms with Gasteiger partial charge in [0, 0.05) is 46.2 Å². The summed E-state index contributed by atoms with van der Waals surface area (Å²) in [5.41, 5.74) is 3.65. The first kappa shape index (κ1) is 14.1. The van der Waals surface area contributed by atoms with Gasteiger partial charge in [-0.15, -0.1) is 0 Å². The monoisotopic (exact) mass is 292 g/mol. The molecule has 1 aromatic carbocycles. The molecule has 0 fully saturated rings. The van der Waals surface area contributed by atoms with E-state index in [1.165, 1.54) is 0 Å². The summed E-state index contributed by atoms with van der Waals surface area (Å²) in [7, 11) is 1.64. The molecule has 22 heavy (non-hydrogen) atoms. The predicted molar refractivity (Wildman–Crippen MR) is 87.2 cm³/mol. The second-order valence-electron chi connectivity index (χ2n) is 5.01. The van der Waals surface area contributed by atoms with Crippen LogP contribution in [0.2, 0.25) is 0 Å². The van der Waals surface area contributed by atoms with Gasteiger partial charge < -0.3 is 9.72 Å². The van der Waals surface area contributed by atoms with Crippen LogP contribution in [0.25, 0.3) is 17.0 Å². The van der Waals surface area contributed by atoms with Gasteiger partial charge in [-0.1, -0.05) is 0 Å². The minimum absolute atomic E-state index is 0.0374. The van der Waals surface area contributed by atoms with E-state index >= 15 is 0 Å². The van der Waals surface area contributed by atoms with Crippen molar-refractivity contribution in [2.45, 2.75) is 6.92 Å². The average Bonchev–Trinajstić information content (AvgIpc) is 2.87. The number of aromatic amines is 1. The third-order valence-corrected chi connectivity index (χ3v) is 3.61. The highest BCUT2D eigenvalue weighted by molar-refractivity contribution is 6.07. The Morgan fingerprint density at radius 2 is 2.00 bits per heavy atom. The van der Waals surface area contributed by atoms with E-state index < -0.39 is 0 Å². The van der Waals surface area contributed by atoms with Crippen LogP contribution >= 0.6 is 0 Å². The standard InChI is InChI=1S/C18H16N2O2/c1-12-15(5-6-18(21)13-7-9-19-10-8-13)16-4-3-14(22-2)11-17(16)20-12/h3-11,20H,1-2H3/b6-5+.